The second-order valence-electron chi connectivity index (χ2n) is 5.14. The van der Waals surface area contributed by atoms with Gasteiger partial charge in [0.1, 0.15) is 0 Å². The molecule has 0 atom stereocenters. The Labute approximate surface area is 129 Å². The Hall–Kier alpha value is -1.59. The van der Waals surface area contributed by atoms with Crippen molar-refractivity contribution in [3.8, 4) is 0 Å². The maximum atomic E-state index is 12.3. The average Bonchev–Trinajstić information content (AvgIpc) is 2.47. The van der Waals surface area contributed by atoms with Gasteiger partial charge in [0.15, 0.2) is 0 Å². The third-order valence-corrected chi connectivity index (χ3v) is 3.83. The topological polar surface area (TPSA) is 60.9 Å². The summed E-state index contributed by atoms with van der Waals surface area (Å²) in [4.78, 5) is 26.8. The van der Waals surface area contributed by atoms with Gasteiger partial charge in [0.2, 0.25) is 0 Å². The van der Waals surface area contributed by atoms with Crippen LogP contribution in [-0.4, -0.2) is 59.5 Å². The maximum Gasteiger partial charge on any atom is 0.303 e. The molecule has 0 bridgehead atoms. The molecule has 114 valence electrons. The van der Waals surface area contributed by atoms with Crippen LogP contribution in [0.15, 0.2) is 24.3 Å². The number of aliphatic carboxylic acids is 1. The van der Waals surface area contributed by atoms with Crippen LogP contribution in [-0.2, 0) is 4.79 Å². The number of benzene rings is 1. The van der Waals surface area contributed by atoms with Crippen molar-refractivity contribution in [2.75, 3.05) is 32.7 Å². The summed E-state index contributed by atoms with van der Waals surface area (Å²) in [6.07, 6.45) is 0.846. The molecule has 1 aromatic carbocycles. The van der Waals surface area contributed by atoms with E-state index in [0.29, 0.717) is 30.1 Å². The molecule has 5 nitrogen and oxygen atoms in total. The molecule has 0 aliphatic carbocycles. The van der Waals surface area contributed by atoms with Gasteiger partial charge >= 0.3 is 5.97 Å². The van der Waals surface area contributed by atoms with Crippen LogP contribution in [0, 0.1) is 0 Å². The molecule has 1 aliphatic rings. The minimum absolute atomic E-state index is 0.00249. The third kappa shape index (κ3) is 4.72. The van der Waals surface area contributed by atoms with E-state index in [9.17, 15) is 9.59 Å². The standard InChI is InChI=1S/C15H19ClN2O3/c16-13-4-1-3-12(11-13)15(21)18-9-7-17(8-10-18)6-2-5-14(19)20/h1,3-4,11H,2,5-10H2,(H,19,20). The number of hydrogen-bond donors (Lipinski definition) is 1. The smallest absolute Gasteiger partial charge is 0.303 e. The lowest BCUT2D eigenvalue weighted by atomic mass is 10.1. The van der Waals surface area contributed by atoms with Gasteiger partial charge in [-0.2, -0.15) is 0 Å². The summed E-state index contributed by atoms with van der Waals surface area (Å²) >= 11 is 5.91. The quantitative estimate of drug-likeness (QED) is 0.903. The van der Waals surface area contributed by atoms with Crippen LogP contribution < -0.4 is 0 Å². The van der Waals surface area contributed by atoms with Crippen LogP contribution in [0.1, 0.15) is 23.2 Å². The first-order valence-electron chi connectivity index (χ1n) is 7.05. The number of halogens is 1. The molecule has 6 heteroatoms. The predicted octanol–water partition coefficient (Wildman–Crippen LogP) is 1.96. The molecule has 0 radical (unpaired) electrons. The monoisotopic (exact) mass is 310 g/mol. The number of amides is 1. The Morgan fingerprint density at radius 2 is 1.90 bits per heavy atom. The normalized spacial score (nSPS) is 16.0. The number of carbonyl (C=O) groups is 2. The molecule has 1 N–H and O–H groups in total. The van der Waals surface area contributed by atoms with Crippen molar-refractivity contribution in [1.29, 1.82) is 0 Å². The Morgan fingerprint density at radius 3 is 2.52 bits per heavy atom. The fraction of sp³-hybridized carbons (Fsp3) is 0.467. The van der Waals surface area contributed by atoms with Crippen molar-refractivity contribution >= 4 is 23.5 Å². The van der Waals surface area contributed by atoms with E-state index in [1.165, 1.54) is 0 Å². The van der Waals surface area contributed by atoms with Crippen molar-refractivity contribution in [3.05, 3.63) is 34.9 Å². The van der Waals surface area contributed by atoms with E-state index in [1.54, 1.807) is 24.3 Å². The summed E-state index contributed by atoms with van der Waals surface area (Å²) in [6, 6.07) is 6.98. The largest absolute Gasteiger partial charge is 0.481 e. The van der Waals surface area contributed by atoms with E-state index in [-0.39, 0.29) is 12.3 Å². The van der Waals surface area contributed by atoms with Gasteiger partial charge < -0.3 is 10.0 Å². The van der Waals surface area contributed by atoms with E-state index in [2.05, 4.69) is 4.90 Å². The molecule has 1 amide bonds. The number of nitrogens with zero attached hydrogens (tertiary/aromatic N) is 2. The maximum absolute atomic E-state index is 12.3. The number of carbonyl (C=O) groups excluding carboxylic acids is 1. The van der Waals surface area contributed by atoms with Gasteiger partial charge in [0, 0.05) is 43.2 Å². The second kappa shape index (κ2) is 7.43. The van der Waals surface area contributed by atoms with E-state index < -0.39 is 5.97 Å². The third-order valence-electron chi connectivity index (χ3n) is 3.60. The van der Waals surface area contributed by atoms with Crippen molar-refractivity contribution in [1.82, 2.24) is 9.80 Å². The van der Waals surface area contributed by atoms with Crippen molar-refractivity contribution < 1.29 is 14.7 Å². The zero-order chi connectivity index (χ0) is 15.2. The van der Waals surface area contributed by atoms with Crippen molar-refractivity contribution in [2.24, 2.45) is 0 Å². The molecule has 0 spiro atoms. The summed E-state index contributed by atoms with van der Waals surface area (Å²) in [7, 11) is 0. The van der Waals surface area contributed by atoms with Crippen molar-refractivity contribution in [2.45, 2.75) is 12.8 Å². The molecule has 1 saturated heterocycles. The van der Waals surface area contributed by atoms with Gasteiger partial charge in [0.25, 0.3) is 5.91 Å². The molecule has 1 heterocycles. The van der Waals surface area contributed by atoms with Gasteiger partial charge in [-0.25, -0.2) is 0 Å². The van der Waals surface area contributed by atoms with Crippen LogP contribution in [0.4, 0.5) is 0 Å². The molecular formula is C15H19ClN2O3. The fourth-order valence-electron chi connectivity index (χ4n) is 2.43. The Morgan fingerprint density at radius 1 is 1.19 bits per heavy atom. The van der Waals surface area contributed by atoms with Crippen LogP contribution >= 0.6 is 11.6 Å². The highest BCUT2D eigenvalue weighted by molar-refractivity contribution is 6.30. The number of carboxylic acids is 1. The summed E-state index contributed by atoms with van der Waals surface area (Å²) < 4.78 is 0. The Bertz CT molecular complexity index is 513. The first-order chi connectivity index (χ1) is 10.1. The lowest BCUT2D eigenvalue weighted by Gasteiger charge is -2.34. The molecule has 0 unspecified atom stereocenters. The summed E-state index contributed by atoms with van der Waals surface area (Å²) in [5, 5.41) is 9.19. The van der Waals surface area contributed by atoms with Crippen LogP contribution in [0.25, 0.3) is 0 Å². The average molecular weight is 311 g/mol. The Kier molecular flexibility index (Phi) is 5.59. The van der Waals surface area contributed by atoms with Crippen LogP contribution in [0.5, 0.6) is 0 Å². The molecular weight excluding hydrogens is 292 g/mol. The van der Waals surface area contributed by atoms with E-state index in [0.717, 1.165) is 19.6 Å². The van der Waals surface area contributed by atoms with Gasteiger partial charge in [0.05, 0.1) is 0 Å². The number of carboxylic acid groups (broad SMARTS) is 1. The number of piperazine rings is 1. The van der Waals surface area contributed by atoms with Crippen molar-refractivity contribution in [3.63, 3.8) is 0 Å². The lowest BCUT2D eigenvalue weighted by molar-refractivity contribution is -0.137. The van der Waals surface area contributed by atoms with Gasteiger partial charge in [-0.1, -0.05) is 17.7 Å². The first-order valence-corrected chi connectivity index (χ1v) is 7.43. The first kappa shape index (κ1) is 15.8. The summed E-state index contributed by atoms with van der Waals surface area (Å²) in [5.41, 5.74) is 0.613. The highest BCUT2D eigenvalue weighted by Crippen LogP contribution is 2.14. The predicted molar refractivity (Wildman–Crippen MR) is 80.7 cm³/mol. The highest BCUT2D eigenvalue weighted by Gasteiger charge is 2.22. The van der Waals surface area contributed by atoms with Gasteiger partial charge in [-0.05, 0) is 31.2 Å². The van der Waals surface area contributed by atoms with Crippen LogP contribution in [0.2, 0.25) is 5.02 Å². The van der Waals surface area contributed by atoms with Gasteiger partial charge in [-0.15, -0.1) is 0 Å². The molecule has 1 aliphatic heterocycles. The highest BCUT2D eigenvalue weighted by atomic mass is 35.5. The van der Waals surface area contributed by atoms with E-state index >= 15 is 0 Å². The van der Waals surface area contributed by atoms with Crippen LogP contribution in [0.3, 0.4) is 0 Å². The molecule has 0 saturated carbocycles. The molecule has 1 fully saturated rings. The zero-order valence-electron chi connectivity index (χ0n) is 11.8. The fourth-order valence-corrected chi connectivity index (χ4v) is 2.62. The molecule has 1 aromatic rings. The van der Waals surface area contributed by atoms with E-state index in [1.807, 2.05) is 4.90 Å². The van der Waals surface area contributed by atoms with Gasteiger partial charge in [-0.3, -0.25) is 14.5 Å². The second-order valence-corrected chi connectivity index (χ2v) is 5.58. The molecule has 0 aromatic heterocycles. The summed E-state index contributed by atoms with van der Waals surface area (Å²) in [5.74, 6) is -0.757. The van der Waals surface area contributed by atoms with E-state index in [4.69, 9.17) is 16.7 Å². The SMILES string of the molecule is O=C(O)CCCN1CCN(C(=O)c2cccc(Cl)c2)CC1. The lowest BCUT2D eigenvalue weighted by Crippen LogP contribution is -2.48. The zero-order valence-corrected chi connectivity index (χ0v) is 12.6. The molecule has 2 rings (SSSR count). The number of rotatable bonds is 5. The molecule has 21 heavy (non-hydrogen) atoms. The summed E-state index contributed by atoms with van der Waals surface area (Å²) in [6.45, 7) is 3.67. The number of hydrogen-bond acceptors (Lipinski definition) is 3. The Balaban J connectivity index is 1.81. The minimum atomic E-state index is -0.759. The minimum Gasteiger partial charge on any atom is -0.481 e.